The third-order valence-electron chi connectivity index (χ3n) is 3.65. The maximum Gasteiger partial charge on any atom is 0.261 e. The number of nitrogens with one attached hydrogen (secondary N) is 2. The molecular weight excluding hydrogens is 319 g/mol. The Morgan fingerprint density at radius 2 is 1.83 bits per heavy atom. The van der Waals surface area contributed by atoms with Gasteiger partial charge < -0.3 is 5.32 Å². The zero-order chi connectivity index (χ0) is 16.6. The molecule has 0 saturated carbocycles. The van der Waals surface area contributed by atoms with E-state index >= 15 is 0 Å². The van der Waals surface area contributed by atoms with Crippen molar-refractivity contribution in [3.05, 3.63) is 53.3 Å². The fourth-order valence-electron chi connectivity index (χ4n) is 2.46. The van der Waals surface area contributed by atoms with Crippen molar-refractivity contribution in [1.82, 2.24) is 0 Å². The Kier molecular flexibility index (Phi) is 3.81. The summed E-state index contributed by atoms with van der Waals surface area (Å²) >= 11 is 0. The number of benzene rings is 2. The maximum absolute atomic E-state index is 13.7. The summed E-state index contributed by atoms with van der Waals surface area (Å²) in [6, 6.07) is 8.67. The second kappa shape index (κ2) is 5.66. The van der Waals surface area contributed by atoms with Gasteiger partial charge in [0.05, 0.1) is 16.3 Å². The van der Waals surface area contributed by atoms with Crippen molar-refractivity contribution < 1.29 is 17.6 Å². The minimum atomic E-state index is -3.87. The molecule has 2 N–H and O–H groups in total. The molecule has 0 aliphatic carbocycles. The number of halogens is 1. The van der Waals surface area contributed by atoms with E-state index in [1.165, 1.54) is 18.2 Å². The lowest BCUT2D eigenvalue weighted by molar-refractivity contribution is -0.116. The monoisotopic (exact) mass is 334 g/mol. The number of sulfonamides is 1. The number of rotatable bonds is 3. The Hall–Kier alpha value is -2.41. The molecule has 0 fully saturated rings. The van der Waals surface area contributed by atoms with Gasteiger partial charge in [-0.1, -0.05) is 17.7 Å². The summed E-state index contributed by atoms with van der Waals surface area (Å²) in [5, 5.41) is 2.61. The Morgan fingerprint density at radius 3 is 2.52 bits per heavy atom. The summed E-state index contributed by atoms with van der Waals surface area (Å²) in [7, 11) is -3.87. The van der Waals surface area contributed by atoms with Gasteiger partial charge in [-0.3, -0.25) is 9.52 Å². The van der Waals surface area contributed by atoms with Crippen LogP contribution in [0.1, 0.15) is 17.5 Å². The molecule has 1 heterocycles. The van der Waals surface area contributed by atoms with Gasteiger partial charge in [0.1, 0.15) is 5.82 Å². The lowest BCUT2D eigenvalue weighted by Gasteiger charge is -2.21. The van der Waals surface area contributed by atoms with Crippen molar-refractivity contribution in [2.24, 2.45) is 0 Å². The van der Waals surface area contributed by atoms with Gasteiger partial charge in [-0.15, -0.1) is 0 Å². The number of hydrogen-bond acceptors (Lipinski definition) is 3. The molecule has 23 heavy (non-hydrogen) atoms. The lowest BCUT2D eigenvalue weighted by atomic mass is 10.0. The minimum absolute atomic E-state index is 0.0358. The lowest BCUT2D eigenvalue weighted by Crippen LogP contribution is -2.22. The molecule has 0 saturated heterocycles. The number of aryl methyl sites for hydroxylation is 2. The molecule has 7 heteroatoms. The highest BCUT2D eigenvalue weighted by molar-refractivity contribution is 7.92. The number of carbonyl (C=O) groups excluding carboxylic acids is 1. The third kappa shape index (κ3) is 3.19. The van der Waals surface area contributed by atoms with Gasteiger partial charge >= 0.3 is 0 Å². The molecule has 1 aliphatic heterocycles. The molecule has 120 valence electrons. The van der Waals surface area contributed by atoms with E-state index in [1.807, 2.05) is 6.92 Å². The first kappa shape index (κ1) is 15.5. The maximum atomic E-state index is 13.7. The van der Waals surface area contributed by atoms with Crippen LogP contribution in [0.3, 0.4) is 0 Å². The highest BCUT2D eigenvalue weighted by Gasteiger charge is 2.23. The average Bonchev–Trinajstić information content (AvgIpc) is 2.48. The molecule has 1 aliphatic rings. The van der Waals surface area contributed by atoms with Crippen LogP contribution in [0, 0.1) is 12.7 Å². The number of carbonyl (C=O) groups is 1. The van der Waals surface area contributed by atoms with Crippen molar-refractivity contribution in [2.45, 2.75) is 24.7 Å². The van der Waals surface area contributed by atoms with E-state index in [0.29, 0.717) is 17.7 Å². The van der Waals surface area contributed by atoms with Crippen LogP contribution < -0.4 is 10.0 Å². The zero-order valence-electron chi connectivity index (χ0n) is 12.4. The van der Waals surface area contributed by atoms with Crippen molar-refractivity contribution >= 4 is 27.3 Å². The summed E-state index contributed by atoms with van der Waals surface area (Å²) in [6.45, 7) is 1.85. The molecular formula is C16H15FN2O3S. The van der Waals surface area contributed by atoms with Crippen LogP contribution in [0.2, 0.25) is 0 Å². The average molecular weight is 334 g/mol. The van der Waals surface area contributed by atoms with Gasteiger partial charge in [-0.2, -0.15) is 0 Å². The van der Waals surface area contributed by atoms with E-state index in [-0.39, 0.29) is 22.9 Å². The molecule has 5 nitrogen and oxygen atoms in total. The van der Waals surface area contributed by atoms with Crippen molar-refractivity contribution in [3.63, 3.8) is 0 Å². The second-order valence-corrected chi connectivity index (χ2v) is 7.14. The van der Waals surface area contributed by atoms with Crippen molar-refractivity contribution in [2.75, 3.05) is 10.0 Å². The minimum Gasteiger partial charge on any atom is -0.324 e. The third-order valence-corrected chi connectivity index (χ3v) is 5.03. The second-order valence-electron chi connectivity index (χ2n) is 5.45. The van der Waals surface area contributed by atoms with E-state index < -0.39 is 15.8 Å². The Bertz CT molecular complexity index is 877. The van der Waals surface area contributed by atoms with E-state index in [2.05, 4.69) is 10.0 Å². The van der Waals surface area contributed by atoms with Gasteiger partial charge in [0.25, 0.3) is 10.0 Å². The van der Waals surface area contributed by atoms with Crippen LogP contribution in [0.15, 0.2) is 41.3 Å². The summed E-state index contributed by atoms with van der Waals surface area (Å²) in [6.07, 6.45) is 0.624. The van der Waals surface area contributed by atoms with E-state index in [9.17, 15) is 17.6 Å². The zero-order valence-corrected chi connectivity index (χ0v) is 13.2. The SMILES string of the molecule is Cc1ccc(S(=O)(=O)Nc2cc(F)cc3c2NC(=O)CC3)cc1. The first-order valence-electron chi connectivity index (χ1n) is 7.07. The fraction of sp³-hybridized carbons (Fsp3) is 0.188. The quantitative estimate of drug-likeness (QED) is 0.906. The molecule has 0 radical (unpaired) electrons. The topological polar surface area (TPSA) is 75.3 Å². The molecule has 0 atom stereocenters. The standard InChI is InChI=1S/C16H15FN2O3S/c1-10-2-5-13(6-3-10)23(21,22)19-14-9-12(17)8-11-4-7-15(20)18-16(11)14/h2-3,5-6,8-9,19H,4,7H2,1H3,(H,18,20). The van der Waals surface area contributed by atoms with Crippen LogP contribution in [0.5, 0.6) is 0 Å². The summed E-state index contributed by atoms with van der Waals surface area (Å²) in [5.41, 5.74) is 1.86. The molecule has 0 bridgehead atoms. The summed E-state index contributed by atoms with van der Waals surface area (Å²) in [4.78, 5) is 11.6. The first-order chi connectivity index (χ1) is 10.8. The Balaban J connectivity index is 2.01. The number of hydrogen-bond donors (Lipinski definition) is 2. The molecule has 0 unspecified atom stereocenters. The molecule has 3 rings (SSSR count). The van der Waals surface area contributed by atoms with Gasteiger partial charge in [-0.05, 0) is 37.1 Å². The Labute approximate surface area is 133 Å². The van der Waals surface area contributed by atoms with Crippen LogP contribution in [0.4, 0.5) is 15.8 Å². The summed E-state index contributed by atoms with van der Waals surface area (Å²) in [5.74, 6) is -0.776. The summed E-state index contributed by atoms with van der Waals surface area (Å²) < 4.78 is 41.0. The first-order valence-corrected chi connectivity index (χ1v) is 8.55. The van der Waals surface area contributed by atoms with Gasteiger partial charge in [0.15, 0.2) is 0 Å². The predicted molar refractivity (Wildman–Crippen MR) is 85.3 cm³/mol. The van der Waals surface area contributed by atoms with Crippen molar-refractivity contribution in [1.29, 1.82) is 0 Å². The van der Waals surface area contributed by atoms with Crippen molar-refractivity contribution in [3.8, 4) is 0 Å². The predicted octanol–water partition coefficient (Wildman–Crippen LogP) is 2.82. The van der Waals surface area contributed by atoms with E-state index in [1.54, 1.807) is 12.1 Å². The molecule has 1 amide bonds. The smallest absolute Gasteiger partial charge is 0.261 e. The Morgan fingerprint density at radius 1 is 1.13 bits per heavy atom. The molecule has 2 aromatic carbocycles. The fourth-order valence-corrected chi connectivity index (χ4v) is 3.52. The highest BCUT2D eigenvalue weighted by atomic mass is 32.2. The molecule has 0 spiro atoms. The van der Waals surface area contributed by atoms with Crippen LogP contribution in [0.25, 0.3) is 0 Å². The van der Waals surface area contributed by atoms with Gasteiger partial charge in [0, 0.05) is 12.5 Å². The largest absolute Gasteiger partial charge is 0.324 e. The molecule has 0 aromatic heterocycles. The van der Waals surface area contributed by atoms with E-state index in [4.69, 9.17) is 0 Å². The highest BCUT2D eigenvalue weighted by Crippen LogP contribution is 2.33. The van der Waals surface area contributed by atoms with E-state index in [0.717, 1.165) is 11.6 Å². The van der Waals surface area contributed by atoms with Gasteiger partial charge in [0.2, 0.25) is 5.91 Å². The number of amides is 1. The molecule has 2 aromatic rings. The van der Waals surface area contributed by atoms with Crippen LogP contribution in [-0.4, -0.2) is 14.3 Å². The normalized spacial score (nSPS) is 14.1. The van der Waals surface area contributed by atoms with Crippen LogP contribution >= 0.6 is 0 Å². The number of anilines is 2. The van der Waals surface area contributed by atoms with Crippen LogP contribution in [-0.2, 0) is 21.2 Å². The van der Waals surface area contributed by atoms with Gasteiger partial charge in [-0.25, -0.2) is 12.8 Å². The number of fused-ring (bicyclic) bond motifs is 1.